The van der Waals surface area contributed by atoms with Gasteiger partial charge in [0.2, 0.25) is 0 Å². The number of rotatable bonds is 3. The molecule has 1 aromatic carbocycles. The highest BCUT2D eigenvalue weighted by molar-refractivity contribution is 7.85. The van der Waals surface area contributed by atoms with Crippen LogP contribution in [0.15, 0.2) is 28.7 Å². The monoisotopic (exact) mass is 324 g/mol. The lowest BCUT2D eigenvalue weighted by molar-refractivity contribution is 0.415. The topological polar surface area (TPSA) is 51.6 Å². The van der Waals surface area contributed by atoms with Crippen molar-refractivity contribution in [2.24, 2.45) is 4.40 Å². The molecule has 2 rings (SSSR count). The second-order valence-electron chi connectivity index (χ2n) is 5.52. The smallest absolute Gasteiger partial charge is 0.144 e. The lowest BCUT2D eigenvalue weighted by Gasteiger charge is -2.12. The number of benzene rings is 1. The van der Waals surface area contributed by atoms with Crippen LogP contribution in [0.3, 0.4) is 0 Å². The number of nitrogens with zero attached hydrogens (tertiary/aromatic N) is 2. The highest BCUT2D eigenvalue weighted by Crippen LogP contribution is 2.23. The molecule has 0 aliphatic rings. The van der Waals surface area contributed by atoms with Crippen LogP contribution in [-0.2, 0) is 11.0 Å². The summed E-state index contributed by atoms with van der Waals surface area (Å²) in [5.74, 6) is 0.743. The molecule has 6 heteroatoms. The van der Waals surface area contributed by atoms with Crippen LogP contribution in [0.1, 0.15) is 26.3 Å². The van der Waals surface area contributed by atoms with Gasteiger partial charge in [-0.3, -0.25) is 0 Å². The van der Waals surface area contributed by atoms with Crippen LogP contribution in [-0.4, -0.2) is 27.3 Å². The first-order chi connectivity index (χ1) is 9.81. The number of methoxy groups -OCH3 is 1. The van der Waals surface area contributed by atoms with Gasteiger partial charge in [-0.2, -0.15) is 4.40 Å². The number of aromatic nitrogens is 1. The van der Waals surface area contributed by atoms with Gasteiger partial charge in [0, 0.05) is 17.2 Å². The summed E-state index contributed by atoms with van der Waals surface area (Å²) < 4.78 is 20.8. The summed E-state index contributed by atoms with van der Waals surface area (Å²) in [6.45, 7) is 5.60. The van der Waals surface area contributed by atoms with Gasteiger partial charge in [0.05, 0.1) is 17.4 Å². The summed E-state index contributed by atoms with van der Waals surface area (Å²) in [5.41, 5.74) is 1.41. The van der Waals surface area contributed by atoms with E-state index in [-0.39, 0.29) is 0 Å². The minimum Gasteiger partial charge on any atom is -0.497 e. The summed E-state index contributed by atoms with van der Waals surface area (Å²) in [7, 11) is 0.283. The molecule has 0 saturated carbocycles. The van der Waals surface area contributed by atoms with Crippen molar-refractivity contribution < 1.29 is 8.95 Å². The molecule has 1 heterocycles. The lowest BCUT2D eigenvalue weighted by Crippen LogP contribution is -2.19. The zero-order valence-corrected chi connectivity index (χ0v) is 14.0. The summed E-state index contributed by atoms with van der Waals surface area (Å²) >= 11 is 6.14. The number of pyridine rings is 1. The molecule has 0 spiro atoms. The van der Waals surface area contributed by atoms with Crippen molar-refractivity contribution >= 4 is 39.7 Å². The standard InChI is InChI=1S/C15H17ClN2O2S/c1-15(2,3)21(19)17-9-11-7-10-8-12(20-4)5-6-13(10)18-14(11)16/h5-9H,1-4H3/t21-/m0/s1. The number of hydrogen-bond donors (Lipinski definition) is 0. The quantitative estimate of drug-likeness (QED) is 0.637. The van der Waals surface area contributed by atoms with Crippen LogP contribution in [0.4, 0.5) is 0 Å². The minimum absolute atomic E-state index is 0.335. The van der Waals surface area contributed by atoms with Crippen molar-refractivity contribution in [3.63, 3.8) is 0 Å². The van der Waals surface area contributed by atoms with Gasteiger partial charge in [0.25, 0.3) is 0 Å². The Morgan fingerprint density at radius 1 is 1.33 bits per heavy atom. The normalized spacial score (nSPS) is 13.8. The van der Waals surface area contributed by atoms with E-state index in [4.69, 9.17) is 16.3 Å². The zero-order valence-electron chi connectivity index (χ0n) is 12.4. The van der Waals surface area contributed by atoms with E-state index in [2.05, 4.69) is 9.38 Å². The molecule has 0 saturated heterocycles. The van der Waals surface area contributed by atoms with Gasteiger partial charge in [-0.05, 0) is 45.0 Å². The molecule has 0 amide bonds. The minimum atomic E-state index is -1.33. The molecule has 0 fully saturated rings. The first-order valence-corrected chi connectivity index (χ1v) is 7.90. The Labute approximate surface area is 131 Å². The molecule has 1 atom stereocenters. The first kappa shape index (κ1) is 15.9. The van der Waals surface area contributed by atoms with E-state index in [0.29, 0.717) is 10.7 Å². The van der Waals surface area contributed by atoms with E-state index in [9.17, 15) is 4.21 Å². The van der Waals surface area contributed by atoms with E-state index in [1.54, 1.807) is 7.11 Å². The SMILES string of the molecule is COc1ccc2nc(Cl)c(C=N[S@@](=O)C(C)(C)C)cc2c1. The molecule has 112 valence electrons. The average Bonchev–Trinajstić information content (AvgIpc) is 2.43. The largest absolute Gasteiger partial charge is 0.497 e. The van der Waals surface area contributed by atoms with Gasteiger partial charge in [-0.25, -0.2) is 9.19 Å². The summed E-state index contributed by atoms with van der Waals surface area (Å²) in [4.78, 5) is 4.31. The summed E-state index contributed by atoms with van der Waals surface area (Å²) in [6.07, 6.45) is 1.51. The Hall–Kier alpha value is -1.46. The third kappa shape index (κ3) is 3.80. The molecule has 0 radical (unpaired) electrons. The molecule has 0 N–H and O–H groups in total. The van der Waals surface area contributed by atoms with Crippen molar-refractivity contribution in [1.82, 2.24) is 4.98 Å². The maximum Gasteiger partial charge on any atom is 0.144 e. The fraction of sp³-hybridized carbons (Fsp3) is 0.333. The van der Waals surface area contributed by atoms with Gasteiger partial charge in [0.15, 0.2) is 0 Å². The highest BCUT2D eigenvalue weighted by atomic mass is 35.5. The molecular formula is C15H17ClN2O2S. The van der Waals surface area contributed by atoms with E-state index >= 15 is 0 Å². The number of hydrogen-bond acceptors (Lipinski definition) is 3. The first-order valence-electron chi connectivity index (χ1n) is 6.41. The van der Waals surface area contributed by atoms with Crippen LogP contribution in [0.5, 0.6) is 5.75 Å². The van der Waals surface area contributed by atoms with Crippen LogP contribution < -0.4 is 4.74 Å². The van der Waals surface area contributed by atoms with E-state index < -0.39 is 15.7 Å². The molecular weight excluding hydrogens is 308 g/mol. The van der Waals surface area contributed by atoms with Gasteiger partial charge < -0.3 is 4.74 Å². The second-order valence-corrected chi connectivity index (χ2v) is 7.81. The van der Waals surface area contributed by atoms with Crippen LogP contribution in [0.2, 0.25) is 5.15 Å². The van der Waals surface area contributed by atoms with Crippen molar-refractivity contribution in [3.8, 4) is 5.75 Å². The van der Waals surface area contributed by atoms with E-state index in [1.807, 2.05) is 45.0 Å². The summed E-state index contributed by atoms with van der Waals surface area (Å²) in [6, 6.07) is 7.40. The predicted octanol–water partition coefficient (Wildman–Crippen LogP) is 3.78. The molecule has 4 nitrogen and oxygen atoms in total. The fourth-order valence-corrected chi connectivity index (χ4v) is 2.35. The molecule has 0 aliphatic heterocycles. The van der Waals surface area contributed by atoms with Crippen LogP contribution in [0, 0.1) is 0 Å². The van der Waals surface area contributed by atoms with Crippen LogP contribution >= 0.6 is 11.6 Å². The maximum absolute atomic E-state index is 11.9. The van der Waals surface area contributed by atoms with Crippen molar-refractivity contribution in [3.05, 3.63) is 35.0 Å². The Morgan fingerprint density at radius 2 is 2.05 bits per heavy atom. The molecule has 0 unspecified atom stereocenters. The Balaban J connectivity index is 2.42. The zero-order chi connectivity index (χ0) is 15.6. The van der Waals surface area contributed by atoms with E-state index in [0.717, 1.165) is 16.7 Å². The van der Waals surface area contributed by atoms with Crippen LogP contribution in [0.25, 0.3) is 10.9 Å². The van der Waals surface area contributed by atoms with Gasteiger partial charge in [0.1, 0.15) is 21.9 Å². The third-order valence-electron chi connectivity index (χ3n) is 2.81. The van der Waals surface area contributed by atoms with Crippen molar-refractivity contribution in [2.45, 2.75) is 25.5 Å². The predicted molar refractivity (Wildman–Crippen MR) is 88.8 cm³/mol. The van der Waals surface area contributed by atoms with Gasteiger partial charge in [-0.15, -0.1) is 0 Å². The molecule has 1 aromatic heterocycles. The third-order valence-corrected chi connectivity index (χ3v) is 4.46. The van der Waals surface area contributed by atoms with Gasteiger partial charge in [-0.1, -0.05) is 11.6 Å². The number of ether oxygens (including phenoxy) is 1. The van der Waals surface area contributed by atoms with Crippen molar-refractivity contribution in [1.29, 1.82) is 0 Å². The Kier molecular flexibility index (Phi) is 4.64. The fourth-order valence-electron chi connectivity index (χ4n) is 1.63. The highest BCUT2D eigenvalue weighted by Gasteiger charge is 2.18. The molecule has 0 aliphatic carbocycles. The van der Waals surface area contributed by atoms with Crippen molar-refractivity contribution in [2.75, 3.05) is 7.11 Å². The number of fused-ring (bicyclic) bond motifs is 1. The molecule has 2 aromatic rings. The molecule has 0 bridgehead atoms. The molecule has 21 heavy (non-hydrogen) atoms. The lowest BCUT2D eigenvalue weighted by atomic mass is 10.1. The average molecular weight is 325 g/mol. The van der Waals surface area contributed by atoms with E-state index in [1.165, 1.54) is 6.21 Å². The Morgan fingerprint density at radius 3 is 2.67 bits per heavy atom. The Bertz CT molecular complexity index is 723. The maximum atomic E-state index is 11.9. The number of halogens is 1. The van der Waals surface area contributed by atoms with Gasteiger partial charge >= 0.3 is 0 Å². The summed E-state index contributed by atoms with van der Waals surface area (Å²) in [5, 5.41) is 1.23. The second kappa shape index (κ2) is 6.12.